The fraction of sp³-hybridized carbons (Fsp3) is 0.143. The van der Waals surface area contributed by atoms with Gasteiger partial charge in [0.05, 0.1) is 5.02 Å². The maximum Gasteiger partial charge on any atom is 0.141 e. The highest BCUT2D eigenvalue weighted by Crippen LogP contribution is 2.18. The van der Waals surface area contributed by atoms with Gasteiger partial charge < -0.3 is 5.32 Å². The van der Waals surface area contributed by atoms with Crippen molar-refractivity contribution in [2.45, 2.75) is 0 Å². The number of benzene rings is 1. The first-order valence-electron chi connectivity index (χ1n) is 2.87. The molecule has 0 radical (unpaired) electrons. The van der Waals surface area contributed by atoms with E-state index in [0.29, 0.717) is 0 Å². The summed E-state index contributed by atoms with van der Waals surface area (Å²) in [6.45, 7) is 0. The average Bonchev–Trinajstić information content (AvgIpc) is 1.95. The summed E-state index contributed by atoms with van der Waals surface area (Å²) < 4.78 is 12.5. The van der Waals surface area contributed by atoms with E-state index in [2.05, 4.69) is 5.32 Å². The lowest BCUT2D eigenvalue weighted by molar-refractivity contribution is 0.628. The van der Waals surface area contributed by atoms with E-state index in [4.69, 9.17) is 11.6 Å². The van der Waals surface area contributed by atoms with Crippen molar-refractivity contribution in [2.75, 3.05) is 12.4 Å². The van der Waals surface area contributed by atoms with Gasteiger partial charge in [0.15, 0.2) is 0 Å². The Balaban J connectivity index is 3.04. The smallest absolute Gasteiger partial charge is 0.141 e. The summed E-state index contributed by atoms with van der Waals surface area (Å²) in [5, 5.41) is 2.99. The molecule has 0 amide bonds. The van der Waals surface area contributed by atoms with Crippen LogP contribution in [-0.2, 0) is 0 Å². The second-order valence-corrected chi connectivity index (χ2v) is 2.29. The summed E-state index contributed by atoms with van der Waals surface area (Å²) in [5.74, 6) is -0.388. The normalized spacial score (nSPS) is 9.50. The highest BCUT2D eigenvalue weighted by Gasteiger charge is 1.97. The average molecular weight is 160 g/mol. The van der Waals surface area contributed by atoms with E-state index < -0.39 is 0 Å². The first-order valence-corrected chi connectivity index (χ1v) is 3.24. The van der Waals surface area contributed by atoms with Crippen LogP contribution in [0.15, 0.2) is 18.2 Å². The molecule has 1 rings (SSSR count). The zero-order chi connectivity index (χ0) is 7.56. The van der Waals surface area contributed by atoms with Crippen LogP contribution in [0, 0.1) is 5.82 Å². The third kappa shape index (κ3) is 1.39. The Morgan fingerprint density at radius 1 is 1.50 bits per heavy atom. The molecule has 0 fully saturated rings. The molecular weight excluding hydrogens is 153 g/mol. The van der Waals surface area contributed by atoms with Crippen LogP contribution >= 0.6 is 11.6 Å². The standard InChI is InChI=1S/C7H7ClFN/c1-10-5-2-3-7(9)6(8)4-5/h2-4,10H,1H3. The van der Waals surface area contributed by atoms with Crippen LogP contribution in [0.1, 0.15) is 0 Å². The van der Waals surface area contributed by atoms with Crippen molar-refractivity contribution >= 4 is 17.3 Å². The van der Waals surface area contributed by atoms with Crippen molar-refractivity contribution in [1.29, 1.82) is 0 Å². The maximum atomic E-state index is 12.5. The Morgan fingerprint density at radius 2 is 2.20 bits per heavy atom. The number of anilines is 1. The van der Waals surface area contributed by atoms with Crippen LogP contribution in [-0.4, -0.2) is 7.05 Å². The molecule has 1 nitrogen and oxygen atoms in total. The molecule has 10 heavy (non-hydrogen) atoms. The van der Waals surface area contributed by atoms with Gasteiger partial charge in [-0.3, -0.25) is 0 Å². The topological polar surface area (TPSA) is 12.0 Å². The number of hydrogen-bond acceptors (Lipinski definition) is 1. The molecule has 54 valence electrons. The number of halogens is 2. The Kier molecular flexibility index (Phi) is 2.12. The van der Waals surface area contributed by atoms with Crippen molar-refractivity contribution in [2.24, 2.45) is 0 Å². The zero-order valence-electron chi connectivity index (χ0n) is 5.49. The van der Waals surface area contributed by atoms with Crippen molar-refractivity contribution in [1.82, 2.24) is 0 Å². The van der Waals surface area contributed by atoms with Gasteiger partial charge in [-0.25, -0.2) is 4.39 Å². The van der Waals surface area contributed by atoms with Crippen molar-refractivity contribution in [3.05, 3.63) is 29.0 Å². The molecule has 0 saturated heterocycles. The van der Waals surface area contributed by atoms with Gasteiger partial charge in [0.25, 0.3) is 0 Å². The lowest BCUT2D eigenvalue weighted by atomic mass is 10.3. The van der Waals surface area contributed by atoms with Crippen molar-refractivity contribution < 1.29 is 4.39 Å². The number of rotatable bonds is 1. The molecule has 1 aromatic rings. The first-order chi connectivity index (χ1) is 4.74. The largest absolute Gasteiger partial charge is 0.388 e. The molecule has 0 aliphatic rings. The molecule has 1 N–H and O–H groups in total. The Morgan fingerprint density at radius 3 is 2.70 bits per heavy atom. The summed E-state index contributed by atoms with van der Waals surface area (Å²) in [5.41, 5.74) is 0.811. The third-order valence-corrected chi connectivity index (χ3v) is 1.50. The minimum absolute atomic E-state index is 0.145. The number of hydrogen-bond donors (Lipinski definition) is 1. The van der Waals surface area contributed by atoms with Crippen LogP contribution < -0.4 is 5.32 Å². The molecule has 0 bridgehead atoms. The van der Waals surface area contributed by atoms with Gasteiger partial charge in [0.2, 0.25) is 0 Å². The summed E-state index contributed by atoms with van der Waals surface area (Å²) in [4.78, 5) is 0. The van der Waals surface area contributed by atoms with Crippen LogP contribution in [0.5, 0.6) is 0 Å². The van der Waals surface area contributed by atoms with Crippen LogP contribution in [0.4, 0.5) is 10.1 Å². The third-order valence-electron chi connectivity index (χ3n) is 1.21. The molecular formula is C7H7ClFN. The van der Waals surface area contributed by atoms with Crippen molar-refractivity contribution in [3.8, 4) is 0 Å². The monoisotopic (exact) mass is 159 g/mol. The molecule has 0 aromatic heterocycles. The summed E-state index contributed by atoms with van der Waals surface area (Å²) in [6, 6.07) is 4.49. The zero-order valence-corrected chi connectivity index (χ0v) is 6.24. The lowest BCUT2D eigenvalue weighted by Gasteiger charge is -1.99. The van der Waals surface area contributed by atoms with Gasteiger partial charge in [-0.15, -0.1) is 0 Å². The summed E-state index contributed by atoms with van der Waals surface area (Å²) in [7, 11) is 1.75. The van der Waals surface area contributed by atoms with E-state index in [1.807, 2.05) is 0 Å². The molecule has 0 aliphatic heterocycles. The SMILES string of the molecule is CNc1ccc(F)c(Cl)c1. The van der Waals surface area contributed by atoms with Gasteiger partial charge in [-0.2, -0.15) is 0 Å². The van der Waals surface area contributed by atoms with E-state index in [0.717, 1.165) is 5.69 Å². The van der Waals surface area contributed by atoms with Crippen LogP contribution in [0.25, 0.3) is 0 Å². The van der Waals surface area contributed by atoms with Gasteiger partial charge in [0, 0.05) is 12.7 Å². The van der Waals surface area contributed by atoms with E-state index in [1.54, 1.807) is 13.1 Å². The molecule has 3 heteroatoms. The van der Waals surface area contributed by atoms with Gasteiger partial charge in [-0.1, -0.05) is 11.6 Å². The van der Waals surface area contributed by atoms with Gasteiger partial charge >= 0.3 is 0 Å². The number of nitrogens with one attached hydrogen (secondary N) is 1. The lowest BCUT2D eigenvalue weighted by Crippen LogP contribution is -1.87. The quantitative estimate of drug-likeness (QED) is 0.664. The van der Waals surface area contributed by atoms with Crippen LogP contribution in [0.2, 0.25) is 5.02 Å². The first kappa shape index (κ1) is 7.35. The van der Waals surface area contributed by atoms with E-state index in [9.17, 15) is 4.39 Å². The molecule has 0 saturated carbocycles. The fourth-order valence-electron chi connectivity index (χ4n) is 0.652. The predicted octanol–water partition coefficient (Wildman–Crippen LogP) is 2.52. The Bertz CT molecular complexity index is 237. The molecule has 1 aromatic carbocycles. The van der Waals surface area contributed by atoms with Crippen LogP contribution in [0.3, 0.4) is 0 Å². The Hall–Kier alpha value is -0.760. The van der Waals surface area contributed by atoms with Gasteiger partial charge in [0.1, 0.15) is 5.82 Å². The van der Waals surface area contributed by atoms with Crippen molar-refractivity contribution in [3.63, 3.8) is 0 Å². The maximum absolute atomic E-state index is 12.5. The second-order valence-electron chi connectivity index (χ2n) is 1.88. The molecule has 0 aliphatic carbocycles. The van der Waals surface area contributed by atoms with E-state index in [1.165, 1.54) is 12.1 Å². The van der Waals surface area contributed by atoms with Gasteiger partial charge in [-0.05, 0) is 18.2 Å². The molecule has 0 spiro atoms. The molecule has 0 unspecified atom stereocenters. The highest BCUT2D eigenvalue weighted by molar-refractivity contribution is 6.31. The minimum Gasteiger partial charge on any atom is -0.388 e. The fourth-order valence-corrected chi connectivity index (χ4v) is 0.832. The van der Waals surface area contributed by atoms with E-state index in [-0.39, 0.29) is 10.8 Å². The predicted molar refractivity (Wildman–Crippen MR) is 41.0 cm³/mol. The summed E-state index contributed by atoms with van der Waals surface area (Å²) in [6.07, 6.45) is 0. The summed E-state index contributed by atoms with van der Waals surface area (Å²) >= 11 is 5.48. The second kappa shape index (κ2) is 2.88. The minimum atomic E-state index is -0.388. The highest BCUT2D eigenvalue weighted by atomic mass is 35.5. The Labute approximate surface area is 63.8 Å². The molecule has 0 atom stereocenters. The molecule has 0 heterocycles. The van der Waals surface area contributed by atoms with E-state index >= 15 is 0 Å².